The van der Waals surface area contributed by atoms with Gasteiger partial charge < -0.3 is 14.4 Å². The number of benzene rings is 3. The molecular weight excluding hydrogens is 694 g/mol. The molecule has 1 aromatic heterocycles. The van der Waals surface area contributed by atoms with Crippen LogP contribution in [-0.2, 0) is 4.79 Å². The van der Waals surface area contributed by atoms with Gasteiger partial charge in [0.1, 0.15) is 24.1 Å². The molecule has 222 valence electrons. The standard InChI is InChI=1S/C33H31Br2N3O4S/c1-6-15-42-30-23(34)16-20(17-24(30)35)18-26-31(39)38-29(28-22-12-10-9-11-21(22)13-14-25(28)41-5)27(19(4)36-33(38)43-26)32(40)37(7-2)8-3/h6,9-14,16-18,29H,1,7-8,15H2,2-5H3/b26-18+/t29-/m1/s1. The van der Waals surface area contributed by atoms with Crippen LogP contribution < -0.4 is 24.4 Å². The van der Waals surface area contributed by atoms with Gasteiger partial charge >= 0.3 is 0 Å². The number of amides is 1. The molecule has 0 saturated heterocycles. The van der Waals surface area contributed by atoms with Crippen molar-refractivity contribution in [1.82, 2.24) is 9.47 Å². The van der Waals surface area contributed by atoms with E-state index in [1.807, 2.05) is 75.4 Å². The Morgan fingerprint density at radius 2 is 1.84 bits per heavy atom. The van der Waals surface area contributed by atoms with Crippen molar-refractivity contribution >= 4 is 66.0 Å². The van der Waals surface area contributed by atoms with E-state index in [-0.39, 0.29) is 11.5 Å². The van der Waals surface area contributed by atoms with Gasteiger partial charge in [0, 0.05) is 18.7 Å². The Bertz CT molecular complexity index is 1930. The van der Waals surface area contributed by atoms with E-state index < -0.39 is 6.04 Å². The quantitative estimate of drug-likeness (QED) is 0.189. The summed E-state index contributed by atoms with van der Waals surface area (Å²) in [6, 6.07) is 14.9. The fourth-order valence-electron chi connectivity index (χ4n) is 5.38. The van der Waals surface area contributed by atoms with Crippen LogP contribution in [-0.4, -0.2) is 42.2 Å². The predicted octanol–water partition coefficient (Wildman–Crippen LogP) is 6.36. The van der Waals surface area contributed by atoms with Crippen molar-refractivity contribution in [3.63, 3.8) is 0 Å². The minimum atomic E-state index is -0.735. The number of likely N-dealkylation sites (N-methyl/N-ethyl adjacent to an activating group) is 1. The first-order valence-corrected chi connectivity index (χ1v) is 16.2. The van der Waals surface area contributed by atoms with E-state index in [9.17, 15) is 9.59 Å². The summed E-state index contributed by atoms with van der Waals surface area (Å²) in [6.07, 6.45) is 3.51. The topological polar surface area (TPSA) is 73.1 Å². The number of thiazole rings is 1. The number of aromatic nitrogens is 1. The zero-order valence-electron chi connectivity index (χ0n) is 24.3. The molecule has 0 N–H and O–H groups in total. The van der Waals surface area contributed by atoms with Gasteiger partial charge in [-0.15, -0.1) is 0 Å². The molecular formula is C33H31Br2N3O4S. The molecule has 4 aromatic rings. The molecule has 7 nitrogen and oxygen atoms in total. The van der Waals surface area contributed by atoms with Crippen molar-refractivity contribution in [1.29, 1.82) is 0 Å². The number of halogens is 2. The van der Waals surface area contributed by atoms with Crippen molar-refractivity contribution in [3.8, 4) is 11.5 Å². The number of ether oxygens (including phenoxy) is 2. The number of carbonyl (C=O) groups is 1. The Hall–Kier alpha value is -3.47. The normalized spacial score (nSPS) is 14.8. The highest BCUT2D eigenvalue weighted by molar-refractivity contribution is 9.11. The summed E-state index contributed by atoms with van der Waals surface area (Å²) < 4.78 is 15.3. The van der Waals surface area contributed by atoms with Crippen LogP contribution in [0.15, 0.2) is 91.2 Å². The summed E-state index contributed by atoms with van der Waals surface area (Å²) in [7, 11) is 1.61. The molecule has 0 spiro atoms. The summed E-state index contributed by atoms with van der Waals surface area (Å²) in [5.41, 5.74) is 2.36. The highest BCUT2D eigenvalue weighted by Gasteiger charge is 2.36. The molecule has 43 heavy (non-hydrogen) atoms. The maximum absolute atomic E-state index is 14.3. The molecule has 1 amide bonds. The van der Waals surface area contributed by atoms with Gasteiger partial charge in [-0.05, 0) is 93.2 Å². The number of hydrogen-bond acceptors (Lipinski definition) is 6. The molecule has 10 heteroatoms. The minimum Gasteiger partial charge on any atom is -0.496 e. The number of nitrogens with zero attached hydrogens (tertiary/aromatic N) is 3. The van der Waals surface area contributed by atoms with Crippen LogP contribution >= 0.6 is 43.2 Å². The average Bonchev–Trinajstić information content (AvgIpc) is 3.29. The van der Waals surface area contributed by atoms with E-state index in [4.69, 9.17) is 14.5 Å². The van der Waals surface area contributed by atoms with Crippen LogP contribution in [0.5, 0.6) is 11.5 Å². The molecule has 0 bridgehead atoms. The van der Waals surface area contributed by atoms with Crippen LogP contribution in [0.25, 0.3) is 16.8 Å². The van der Waals surface area contributed by atoms with Gasteiger partial charge in [0.15, 0.2) is 4.80 Å². The number of rotatable bonds is 9. The highest BCUT2D eigenvalue weighted by Crippen LogP contribution is 2.40. The predicted molar refractivity (Wildman–Crippen MR) is 180 cm³/mol. The molecule has 1 atom stereocenters. The summed E-state index contributed by atoms with van der Waals surface area (Å²) >= 11 is 8.46. The lowest BCUT2D eigenvalue weighted by Crippen LogP contribution is -2.43. The van der Waals surface area contributed by atoms with E-state index >= 15 is 0 Å². The summed E-state index contributed by atoms with van der Waals surface area (Å²) in [6.45, 7) is 10.9. The first-order chi connectivity index (χ1) is 20.7. The third-order valence-electron chi connectivity index (χ3n) is 7.39. The molecule has 0 saturated carbocycles. The second kappa shape index (κ2) is 13.0. The molecule has 0 unspecified atom stereocenters. The SMILES string of the molecule is C=CCOc1c(Br)cc(/C=c2/sc3n(c2=O)[C@@H](c2c(OC)ccc4ccccc24)C(C(=O)N(CC)CC)=C(C)N=3)cc1Br. The zero-order chi connectivity index (χ0) is 30.8. The highest BCUT2D eigenvalue weighted by atomic mass is 79.9. The largest absolute Gasteiger partial charge is 0.496 e. The maximum Gasteiger partial charge on any atom is 0.271 e. The second-order valence-corrected chi connectivity index (χ2v) is 12.6. The Balaban J connectivity index is 1.79. The molecule has 3 aromatic carbocycles. The lowest BCUT2D eigenvalue weighted by molar-refractivity contribution is -0.127. The van der Waals surface area contributed by atoms with Crippen molar-refractivity contribution in [3.05, 3.63) is 112 Å². The molecule has 2 heterocycles. The lowest BCUT2D eigenvalue weighted by atomic mass is 9.90. The lowest BCUT2D eigenvalue weighted by Gasteiger charge is -2.30. The van der Waals surface area contributed by atoms with Gasteiger partial charge in [-0.25, -0.2) is 4.99 Å². The first-order valence-electron chi connectivity index (χ1n) is 13.8. The Morgan fingerprint density at radius 1 is 1.14 bits per heavy atom. The Kier molecular flexibility index (Phi) is 9.39. The second-order valence-electron chi connectivity index (χ2n) is 9.88. The minimum absolute atomic E-state index is 0.150. The van der Waals surface area contributed by atoms with Crippen LogP contribution in [0.3, 0.4) is 0 Å². The molecule has 5 rings (SSSR count). The van der Waals surface area contributed by atoms with Crippen molar-refractivity contribution < 1.29 is 14.3 Å². The molecule has 1 aliphatic heterocycles. The van der Waals surface area contributed by atoms with Crippen LogP contribution in [0.2, 0.25) is 0 Å². The Labute approximate surface area is 270 Å². The number of carbonyl (C=O) groups excluding carboxylic acids is 1. The molecule has 0 aliphatic carbocycles. The van der Waals surface area contributed by atoms with Gasteiger partial charge in [-0.1, -0.05) is 54.3 Å². The third-order valence-corrected chi connectivity index (χ3v) is 9.55. The van der Waals surface area contributed by atoms with Gasteiger partial charge in [-0.2, -0.15) is 0 Å². The fourth-order valence-corrected chi connectivity index (χ4v) is 7.88. The van der Waals surface area contributed by atoms with Gasteiger partial charge in [0.25, 0.3) is 11.5 Å². The third kappa shape index (κ3) is 5.75. The van der Waals surface area contributed by atoms with Crippen LogP contribution in [0, 0.1) is 0 Å². The van der Waals surface area contributed by atoms with Crippen molar-refractivity contribution in [2.24, 2.45) is 4.99 Å². The van der Waals surface area contributed by atoms with E-state index in [1.54, 1.807) is 22.7 Å². The number of hydrogen-bond donors (Lipinski definition) is 0. The van der Waals surface area contributed by atoms with Crippen LogP contribution in [0.1, 0.15) is 37.9 Å². The molecule has 0 radical (unpaired) electrons. The van der Waals surface area contributed by atoms with Crippen molar-refractivity contribution in [2.75, 3.05) is 26.8 Å². The van der Waals surface area contributed by atoms with Crippen molar-refractivity contribution in [2.45, 2.75) is 26.8 Å². The average molecular weight is 726 g/mol. The number of methoxy groups -OCH3 is 1. The molecule has 1 aliphatic rings. The summed E-state index contributed by atoms with van der Waals surface area (Å²) in [5, 5.41) is 1.89. The number of allylic oxidation sites excluding steroid dienone is 1. The summed E-state index contributed by atoms with van der Waals surface area (Å²) in [4.78, 5) is 35.6. The number of fused-ring (bicyclic) bond motifs is 2. The monoisotopic (exact) mass is 723 g/mol. The van der Waals surface area contributed by atoms with E-state index in [0.717, 1.165) is 30.8 Å². The zero-order valence-corrected chi connectivity index (χ0v) is 28.3. The van der Waals surface area contributed by atoms with E-state index in [1.165, 1.54) is 11.3 Å². The smallest absolute Gasteiger partial charge is 0.271 e. The first kappa shape index (κ1) is 31.0. The van der Waals surface area contributed by atoms with Gasteiger partial charge in [0.2, 0.25) is 0 Å². The maximum atomic E-state index is 14.3. The molecule has 0 fully saturated rings. The van der Waals surface area contributed by atoms with Gasteiger partial charge in [-0.3, -0.25) is 14.2 Å². The summed E-state index contributed by atoms with van der Waals surface area (Å²) in [5.74, 6) is 1.10. The van der Waals surface area contributed by atoms with Gasteiger partial charge in [0.05, 0.1) is 31.9 Å². The Morgan fingerprint density at radius 3 is 2.49 bits per heavy atom. The van der Waals surface area contributed by atoms with E-state index in [0.29, 0.717) is 51.8 Å². The van der Waals surface area contributed by atoms with E-state index in [2.05, 4.69) is 38.4 Å². The van der Waals surface area contributed by atoms with Crippen LogP contribution in [0.4, 0.5) is 0 Å². The fraction of sp³-hybridized carbons (Fsp3) is 0.242.